The predicted molar refractivity (Wildman–Crippen MR) is 71.1 cm³/mol. The summed E-state index contributed by atoms with van der Waals surface area (Å²) < 4.78 is 5.23. The Bertz CT molecular complexity index is 492. The number of anilines is 1. The van der Waals surface area contributed by atoms with Gasteiger partial charge in [0.2, 0.25) is 0 Å². The quantitative estimate of drug-likeness (QED) is 0.829. The van der Waals surface area contributed by atoms with Crippen molar-refractivity contribution in [1.82, 2.24) is 4.98 Å². The van der Waals surface area contributed by atoms with Crippen molar-refractivity contribution in [2.75, 3.05) is 5.32 Å². The number of amides is 1. The number of nitrogens with one attached hydrogen (secondary N) is 1. The first-order chi connectivity index (χ1) is 9.13. The summed E-state index contributed by atoms with van der Waals surface area (Å²) in [5, 5.41) is 11.4. The van der Waals surface area contributed by atoms with Crippen molar-refractivity contribution in [3.05, 3.63) is 17.2 Å². The third-order valence-electron chi connectivity index (χ3n) is 2.70. The van der Waals surface area contributed by atoms with Crippen molar-refractivity contribution in [3.63, 3.8) is 0 Å². The normalized spacial score (nSPS) is 15.8. The van der Waals surface area contributed by atoms with Crippen LogP contribution in [0.2, 0.25) is 0 Å². The monoisotopic (exact) mass is 282 g/mol. The molecule has 0 aromatic carbocycles. The van der Waals surface area contributed by atoms with E-state index in [1.807, 2.05) is 0 Å². The molecule has 0 aliphatic heterocycles. The lowest BCUT2D eigenvalue weighted by molar-refractivity contribution is -0.131. The highest BCUT2D eigenvalue weighted by molar-refractivity contribution is 7.16. The molecule has 2 rings (SSSR count). The third-order valence-corrected chi connectivity index (χ3v) is 3.58. The van der Waals surface area contributed by atoms with Crippen LogP contribution in [0.1, 0.15) is 30.6 Å². The lowest BCUT2D eigenvalue weighted by Crippen LogP contribution is -2.19. The third kappa shape index (κ3) is 4.36. The molecule has 1 aromatic heterocycles. The van der Waals surface area contributed by atoms with Crippen LogP contribution in [0.3, 0.4) is 0 Å². The first-order valence-corrected chi connectivity index (χ1v) is 6.79. The van der Waals surface area contributed by atoms with E-state index in [1.54, 1.807) is 0 Å². The van der Waals surface area contributed by atoms with Crippen molar-refractivity contribution in [1.29, 1.82) is 0 Å². The lowest BCUT2D eigenvalue weighted by atomic mass is 10.3. The fraction of sp³-hybridized carbons (Fsp3) is 0.417. The maximum absolute atomic E-state index is 11.6. The molecule has 102 valence electrons. The summed E-state index contributed by atoms with van der Waals surface area (Å²) in [4.78, 5) is 26.5. The van der Waals surface area contributed by atoms with Gasteiger partial charge in [-0.05, 0) is 31.8 Å². The zero-order chi connectivity index (χ0) is 13.7. The van der Waals surface area contributed by atoms with Gasteiger partial charge < -0.3 is 9.84 Å². The van der Waals surface area contributed by atoms with Crippen LogP contribution in [0.15, 0.2) is 12.3 Å². The maximum Gasteiger partial charge on any atom is 0.413 e. The molecule has 1 aliphatic rings. The maximum atomic E-state index is 11.6. The molecule has 1 aliphatic carbocycles. The van der Waals surface area contributed by atoms with Gasteiger partial charge >= 0.3 is 12.1 Å². The Morgan fingerprint density at radius 3 is 2.89 bits per heavy atom. The van der Waals surface area contributed by atoms with Crippen LogP contribution in [0.5, 0.6) is 0 Å². The molecular weight excluding hydrogens is 268 g/mol. The van der Waals surface area contributed by atoms with Gasteiger partial charge in [0, 0.05) is 17.2 Å². The summed E-state index contributed by atoms with van der Waals surface area (Å²) in [5.74, 6) is -1.02. The highest BCUT2D eigenvalue weighted by Crippen LogP contribution is 2.23. The second-order valence-electron chi connectivity index (χ2n) is 4.18. The van der Waals surface area contributed by atoms with Crippen LogP contribution in [-0.2, 0) is 9.53 Å². The molecule has 0 spiro atoms. The number of ether oxygens (including phenoxy) is 1. The van der Waals surface area contributed by atoms with Crippen molar-refractivity contribution < 1.29 is 19.4 Å². The second-order valence-corrected chi connectivity index (χ2v) is 5.24. The Kier molecular flexibility index (Phi) is 4.51. The van der Waals surface area contributed by atoms with Gasteiger partial charge in [-0.25, -0.2) is 14.6 Å². The van der Waals surface area contributed by atoms with Gasteiger partial charge in [0.25, 0.3) is 0 Å². The van der Waals surface area contributed by atoms with Gasteiger partial charge in [-0.2, -0.15) is 0 Å². The lowest BCUT2D eigenvalue weighted by Gasteiger charge is -2.10. The molecule has 19 heavy (non-hydrogen) atoms. The number of rotatable bonds is 4. The molecule has 2 N–H and O–H groups in total. The molecule has 1 aromatic rings. The van der Waals surface area contributed by atoms with Crippen LogP contribution >= 0.6 is 11.3 Å². The SMILES string of the molecule is O=C(O)/C=C/c1cnc(NC(=O)OC2CCCC2)s1. The number of hydrogen-bond donors (Lipinski definition) is 2. The van der Waals surface area contributed by atoms with E-state index in [2.05, 4.69) is 10.3 Å². The summed E-state index contributed by atoms with van der Waals surface area (Å²) in [6, 6.07) is 0. The molecule has 1 fully saturated rings. The van der Waals surface area contributed by atoms with Gasteiger partial charge in [-0.3, -0.25) is 5.32 Å². The topological polar surface area (TPSA) is 88.5 Å². The largest absolute Gasteiger partial charge is 0.478 e. The van der Waals surface area contributed by atoms with Crippen LogP contribution in [0, 0.1) is 0 Å². The molecule has 1 saturated carbocycles. The Morgan fingerprint density at radius 2 is 2.21 bits per heavy atom. The molecule has 0 radical (unpaired) electrons. The Morgan fingerprint density at radius 1 is 1.47 bits per heavy atom. The average Bonchev–Trinajstić information content (AvgIpc) is 2.98. The second kappa shape index (κ2) is 6.33. The van der Waals surface area contributed by atoms with E-state index < -0.39 is 12.1 Å². The number of thiazole rings is 1. The number of aromatic nitrogens is 1. The van der Waals surface area contributed by atoms with Crippen molar-refractivity contribution >= 4 is 34.6 Å². The smallest absolute Gasteiger partial charge is 0.413 e. The Balaban J connectivity index is 1.85. The van der Waals surface area contributed by atoms with Crippen LogP contribution in [0.25, 0.3) is 6.08 Å². The zero-order valence-electron chi connectivity index (χ0n) is 10.2. The van der Waals surface area contributed by atoms with Gasteiger partial charge in [0.15, 0.2) is 5.13 Å². The molecule has 0 unspecified atom stereocenters. The van der Waals surface area contributed by atoms with Crippen molar-refractivity contribution in [2.24, 2.45) is 0 Å². The van der Waals surface area contributed by atoms with E-state index in [0.717, 1.165) is 31.8 Å². The number of carboxylic acid groups (broad SMARTS) is 1. The van der Waals surface area contributed by atoms with Gasteiger partial charge in [0.05, 0.1) is 0 Å². The number of carbonyl (C=O) groups excluding carboxylic acids is 1. The first-order valence-electron chi connectivity index (χ1n) is 5.98. The summed E-state index contributed by atoms with van der Waals surface area (Å²) in [7, 11) is 0. The van der Waals surface area contributed by atoms with E-state index in [1.165, 1.54) is 23.6 Å². The van der Waals surface area contributed by atoms with Gasteiger partial charge in [0.1, 0.15) is 6.10 Å². The van der Waals surface area contributed by atoms with E-state index in [9.17, 15) is 9.59 Å². The predicted octanol–water partition coefficient (Wildman–Crippen LogP) is 2.73. The number of carboxylic acids is 1. The molecule has 1 heterocycles. The van der Waals surface area contributed by atoms with E-state index in [0.29, 0.717) is 10.0 Å². The molecule has 0 atom stereocenters. The number of carbonyl (C=O) groups is 2. The van der Waals surface area contributed by atoms with Crippen LogP contribution in [-0.4, -0.2) is 28.3 Å². The molecule has 6 nitrogen and oxygen atoms in total. The fourth-order valence-corrected chi connectivity index (χ4v) is 2.55. The molecule has 7 heteroatoms. The van der Waals surface area contributed by atoms with Crippen LogP contribution in [0.4, 0.5) is 9.93 Å². The molecule has 0 saturated heterocycles. The van der Waals surface area contributed by atoms with Crippen molar-refractivity contribution in [2.45, 2.75) is 31.8 Å². The summed E-state index contributed by atoms with van der Waals surface area (Å²) in [5.41, 5.74) is 0. The fourth-order valence-electron chi connectivity index (χ4n) is 1.85. The van der Waals surface area contributed by atoms with E-state index in [4.69, 9.17) is 9.84 Å². The first kappa shape index (κ1) is 13.5. The summed E-state index contributed by atoms with van der Waals surface area (Å²) >= 11 is 1.19. The van der Waals surface area contributed by atoms with E-state index in [-0.39, 0.29) is 6.10 Å². The number of nitrogens with zero attached hydrogens (tertiary/aromatic N) is 1. The molecule has 1 amide bonds. The van der Waals surface area contributed by atoms with Gasteiger partial charge in [-0.1, -0.05) is 11.3 Å². The van der Waals surface area contributed by atoms with E-state index >= 15 is 0 Å². The zero-order valence-corrected chi connectivity index (χ0v) is 11.0. The Labute approximate surface area is 114 Å². The summed E-state index contributed by atoms with van der Waals surface area (Å²) in [6.07, 6.45) is 7.46. The Hall–Kier alpha value is -1.89. The molecule has 0 bridgehead atoms. The average molecular weight is 282 g/mol. The number of hydrogen-bond acceptors (Lipinski definition) is 5. The number of aliphatic carboxylic acids is 1. The minimum atomic E-state index is -1.02. The highest BCUT2D eigenvalue weighted by Gasteiger charge is 2.19. The standard InChI is InChI=1S/C12H14N2O4S/c15-10(16)6-5-9-7-13-11(19-9)14-12(17)18-8-3-1-2-4-8/h5-8H,1-4H2,(H,15,16)(H,13,14,17)/b6-5+. The molecular formula is C12H14N2O4S. The van der Waals surface area contributed by atoms with Crippen LogP contribution < -0.4 is 5.32 Å². The highest BCUT2D eigenvalue weighted by atomic mass is 32.1. The van der Waals surface area contributed by atoms with Crippen molar-refractivity contribution in [3.8, 4) is 0 Å². The summed E-state index contributed by atoms with van der Waals surface area (Å²) in [6.45, 7) is 0. The van der Waals surface area contributed by atoms with Gasteiger partial charge in [-0.15, -0.1) is 0 Å². The minimum absolute atomic E-state index is 0.00587. The minimum Gasteiger partial charge on any atom is -0.478 e.